The maximum Gasteiger partial charge on any atom is 0.00219 e. The van der Waals surface area contributed by atoms with Crippen LogP contribution in [0.5, 0.6) is 0 Å². The van der Waals surface area contributed by atoms with Crippen LogP contribution in [-0.4, -0.2) is 5.25 Å². The number of rotatable bonds is 11. The fourth-order valence-corrected chi connectivity index (χ4v) is 3.36. The lowest BCUT2D eigenvalue weighted by Gasteiger charge is -2.36. The summed E-state index contributed by atoms with van der Waals surface area (Å²) in [5, 5.41) is 0.597. The summed E-state index contributed by atoms with van der Waals surface area (Å²) in [6, 6.07) is 0. The minimum Gasteiger partial charge on any atom is -0.176 e. The topological polar surface area (TPSA) is 0 Å². The zero-order chi connectivity index (χ0) is 14.9. The van der Waals surface area contributed by atoms with Gasteiger partial charge in [0.1, 0.15) is 0 Å². The molecule has 0 aromatic heterocycles. The largest absolute Gasteiger partial charge is 0.176 e. The van der Waals surface area contributed by atoms with E-state index in [0.717, 1.165) is 0 Å². The van der Waals surface area contributed by atoms with Crippen LogP contribution >= 0.6 is 12.6 Å². The van der Waals surface area contributed by atoms with E-state index in [1.165, 1.54) is 57.8 Å². The normalized spacial score (nSPS) is 17.2. The summed E-state index contributed by atoms with van der Waals surface area (Å²) in [5.74, 6) is 0. The van der Waals surface area contributed by atoms with Crippen molar-refractivity contribution in [3.8, 4) is 0 Å². The lowest BCUT2D eigenvalue weighted by molar-refractivity contribution is 0.178. The monoisotopic (exact) mass is 286 g/mol. The third kappa shape index (κ3) is 7.63. The first-order chi connectivity index (χ1) is 8.84. The quantitative estimate of drug-likeness (QED) is 0.393. The maximum absolute atomic E-state index is 4.82. The second-order valence-corrected chi connectivity index (χ2v) is 7.91. The summed E-state index contributed by atoms with van der Waals surface area (Å²) in [6.45, 7) is 14.3. The molecule has 116 valence electrons. The van der Waals surface area contributed by atoms with E-state index < -0.39 is 0 Å². The Bertz CT molecular complexity index is 220. The summed E-state index contributed by atoms with van der Waals surface area (Å²) in [6.07, 6.45) is 11.8. The van der Waals surface area contributed by atoms with Gasteiger partial charge in [0.2, 0.25) is 0 Å². The smallest absolute Gasteiger partial charge is 0.00219 e. The van der Waals surface area contributed by atoms with Gasteiger partial charge in [0.05, 0.1) is 0 Å². The molecule has 0 rings (SSSR count). The molecule has 0 saturated heterocycles. The molecule has 0 aliphatic heterocycles. The Labute approximate surface area is 128 Å². The van der Waals surface area contributed by atoms with Crippen LogP contribution in [0.1, 0.15) is 99.3 Å². The van der Waals surface area contributed by atoms with Crippen molar-refractivity contribution in [3.05, 3.63) is 0 Å². The third-order valence-corrected chi connectivity index (χ3v) is 5.95. The SMILES string of the molecule is CCCCC(S)CC(C)(CC)CCC(C)(CC)CC. The van der Waals surface area contributed by atoms with Crippen LogP contribution in [0.3, 0.4) is 0 Å². The van der Waals surface area contributed by atoms with Gasteiger partial charge in [-0.25, -0.2) is 0 Å². The van der Waals surface area contributed by atoms with Crippen molar-refractivity contribution >= 4 is 12.6 Å². The fourth-order valence-electron chi connectivity index (χ4n) is 2.74. The lowest BCUT2D eigenvalue weighted by atomic mass is 9.71. The van der Waals surface area contributed by atoms with E-state index in [0.29, 0.717) is 16.1 Å². The van der Waals surface area contributed by atoms with Crippen molar-refractivity contribution in [1.29, 1.82) is 0 Å². The predicted octanol–water partition coefficient (Wildman–Crippen LogP) is 6.89. The maximum atomic E-state index is 4.82. The summed E-state index contributed by atoms with van der Waals surface area (Å²) in [4.78, 5) is 0. The first kappa shape index (κ1) is 19.4. The van der Waals surface area contributed by atoms with Crippen molar-refractivity contribution in [2.75, 3.05) is 0 Å². The van der Waals surface area contributed by atoms with Crippen molar-refractivity contribution < 1.29 is 0 Å². The van der Waals surface area contributed by atoms with Crippen LogP contribution in [0, 0.1) is 10.8 Å². The van der Waals surface area contributed by atoms with Crippen LogP contribution in [0.15, 0.2) is 0 Å². The Morgan fingerprint density at radius 2 is 1.32 bits per heavy atom. The summed E-state index contributed by atoms with van der Waals surface area (Å²) >= 11 is 4.82. The van der Waals surface area contributed by atoms with Crippen molar-refractivity contribution in [2.45, 2.75) is 105 Å². The van der Waals surface area contributed by atoms with E-state index in [1.807, 2.05) is 0 Å². The molecule has 0 nitrogen and oxygen atoms in total. The highest BCUT2D eigenvalue weighted by Crippen LogP contribution is 2.41. The van der Waals surface area contributed by atoms with Crippen LogP contribution in [0.2, 0.25) is 0 Å². The van der Waals surface area contributed by atoms with Gasteiger partial charge < -0.3 is 0 Å². The van der Waals surface area contributed by atoms with Crippen molar-refractivity contribution in [2.24, 2.45) is 10.8 Å². The molecule has 0 aliphatic rings. The van der Waals surface area contributed by atoms with Gasteiger partial charge >= 0.3 is 0 Å². The Morgan fingerprint density at radius 1 is 0.842 bits per heavy atom. The van der Waals surface area contributed by atoms with Crippen molar-refractivity contribution in [3.63, 3.8) is 0 Å². The van der Waals surface area contributed by atoms with Gasteiger partial charge in [0, 0.05) is 5.25 Å². The Balaban J connectivity index is 4.36. The molecule has 0 aromatic carbocycles. The lowest BCUT2D eigenvalue weighted by Crippen LogP contribution is -2.24. The van der Waals surface area contributed by atoms with Gasteiger partial charge in [-0.15, -0.1) is 0 Å². The minimum absolute atomic E-state index is 0.492. The molecule has 2 atom stereocenters. The molecule has 0 radical (unpaired) electrons. The van der Waals surface area contributed by atoms with Gasteiger partial charge in [-0.05, 0) is 36.5 Å². The molecule has 0 aliphatic carbocycles. The molecule has 2 unspecified atom stereocenters. The molecule has 0 amide bonds. The zero-order valence-corrected chi connectivity index (χ0v) is 15.3. The molecule has 0 spiro atoms. The molecule has 19 heavy (non-hydrogen) atoms. The van der Waals surface area contributed by atoms with E-state index in [1.54, 1.807) is 0 Å². The molecular formula is C18H38S. The summed E-state index contributed by atoms with van der Waals surface area (Å²) < 4.78 is 0. The Hall–Kier alpha value is 0.350. The standard InChI is InChI=1S/C18H38S/c1-7-11-12-16(19)15-18(6,10-4)14-13-17(5,8-2)9-3/h16,19H,7-15H2,1-6H3. The first-order valence-corrected chi connectivity index (χ1v) is 9.04. The van der Waals surface area contributed by atoms with Crippen LogP contribution in [0.25, 0.3) is 0 Å². The van der Waals surface area contributed by atoms with E-state index in [-0.39, 0.29) is 0 Å². The molecule has 0 N–H and O–H groups in total. The Kier molecular flexibility index (Phi) is 9.49. The van der Waals surface area contributed by atoms with Crippen LogP contribution in [0.4, 0.5) is 0 Å². The molecule has 0 heterocycles. The fraction of sp³-hybridized carbons (Fsp3) is 1.00. The number of thiol groups is 1. The average molecular weight is 287 g/mol. The third-order valence-electron chi connectivity index (χ3n) is 5.51. The molecule has 0 saturated carbocycles. The first-order valence-electron chi connectivity index (χ1n) is 8.52. The van der Waals surface area contributed by atoms with E-state index >= 15 is 0 Å². The summed E-state index contributed by atoms with van der Waals surface area (Å²) in [5.41, 5.74) is 1.04. The number of hydrogen-bond donors (Lipinski definition) is 1. The highest BCUT2D eigenvalue weighted by atomic mass is 32.1. The van der Waals surface area contributed by atoms with Crippen molar-refractivity contribution in [1.82, 2.24) is 0 Å². The van der Waals surface area contributed by atoms with E-state index in [4.69, 9.17) is 12.6 Å². The highest BCUT2D eigenvalue weighted by Gasteiger charge is 2.29. The number of hydrogen-bond acceptors (Lipinski definition) is 1. The molecular weight excluding hydrogens is 248 g/mol. The van der Waals surface area contributed by atoms with Gasteiger partial charge in [-0.3, -0.25) is 0 Å². The van der Waals surface area contributed by atoms with Crippen LogP contribution < -0.4 is 0 Å². The van der Waals surface area contributed by atoms with Gasteiger partial charge in [-0.1, -0.05) is 73.6 Å². The molecule has 0 bridgehead atoms. The van der Waals surface area contributed by atoms with Gasteiger partial charge in [-0.2, -0.15) is 12.6 Å². The second-order valence-electron chi connectivity index (χ2n) is 7.18. The Morgan fingerprint density at radius 3 is 1.74 bits per heavy atom. The highest BCUT2D eigenvalue weighted by molar-refractivity contribution is 7.80. The van der Waals surface area contributed by atoms with Gasteiger partial charge in [0.15, 0.2) is 0 Å². The molecule has 1 heteroatoms. The molecule has 0 aromatic rings. The second kappa shape index (κ2) is 9.32. The predicted molar refractivity (Wildman–Crippen MR) is 93.2 cm³/mol. The van der Waals surface area contributed by atoms with Crippen LogP contribution in [-0.2, 0) is 0 Å². The van der Waals surface area contributed by atoms with E-state index in [9.17, 15) is 0 Å². The zero-order valence-electron chi connectivity index (χ0n) is 14.4. The van der Waals surface area contributed by atoms with E-state index in [2.05, 4.69) is 41.5 Å². The average Bonchev–Trinajstić information content (AvgIpc) is 2.42. The minimum atomic E-state index is 0.492. The van der Waals surface area contributed by atoms with Gasteiger partial charge in [0.25, 0.3) is 0 Å². The number of unbranched alkanes of at least 4 members (excludes halogenated alkanes) is 1. The summed E-state index contributed by atoms with van der Waals surface area (Å²) in [7, 11) is 0. The molecule has 0 fully saturated rings.